The van der Waals surface area contributed by atoms with E-state index in [0.717, 1.165) is 9.83 Å². The number of hydrogen-bond donors (Lipinski definition) is 1. The van der Waals surface area contributed by atoms with Gasteiger partial charge in [0.25, 0.3) is 0 Å². The number of carbonyl (C=O) groups is 1. The Bertz CT molecular complexity index is 618. The Morgan fingerprint density at radius 1 is 1.50 bits per heavy atom. The third-order valence-electron chi connectivity index (χ3n) is 2.79. The van der Waals surface area contributed by atoms with Crippen molar-refractivity contribution in [2.24, 2.45) is 0 Å². The normalized spacial score (nSPS) is 12.8. The Balaban J connectivity index is 2.85. The van der Waals surface area contributed by atoms with E-state index in [9.17, 15) is 13.2 Å². The lowest BCUT2D eigenvalue weighted by molar-refractivity contribution is -0.120. The number of rotatable bonds is 5. The van der Waals surface area contributed by atoms with E-state index in [1.165, 1.54) is 14.0 Å². The number of benzene rings is 1. The summed E-state index contributed by atoms with van der Waals surface area (Å²) < 4.78 is 28.6. The topological polar surface area (TPSA) is 72.5 Å². The highest BCUT2D eigenvalue weighted by atomic mass is 127. The van der Waals surface area contributed by atoms with E-state index in [0.29, 0.717) is 16.3 Å². The summed E-state index contributed by atoms with van der Waals surface area (Å²) in [6, 6.07) is 3.44. The van der Waals surface area contributed by atoms with Gasteiger partial charge >= 0.3 is 0 Å². The van der Waals surface area contributed by atoms with Crippen LogP contribution in [0.2, 0.25) is 5.02 Å². The Hall–Kier alpha value is -0.540. The number of halogens is 2. The van der Waals surface area contributed by atoms with Crippen molar-refractivity contribution >= 4 is 49.9 Å². The van der Waals surface area contributed by atoms with Gasteiger partial charge in [0.05, 0.1) is 12.1 Å². The maximum atomic E-state index is 11.7. The molecular formula is C12H15ClINO4S. The highest BCUT2D eigenvalue weighted by Gasteiger charge is 2.23. The fourth-order valence-electron chi connectivity index (χ4n) is 1.42. The molecule has 0 aliphatic heterocycles. The molecule has 0 aliphatic carbocycles. The van der Waals surface area contributed by atoms with Crippen LogP contribution in [0.4, 0.5) is 0 Å². The summed E-state index contributed by atoms with van der Waals surface area (Å²) in [5.74, 6) is 0.0373. The predicted octanol–water partition coefficient (Wildman–Crippen LogP) is 2.00. The van der Waals surface area contributed by atoms with Gasteiger partial charge in [0, 0.05) is 21.9 Å². The average molecular weight is 432 g/mol. The molecule has 0 aromatic heterocycles. The molecule has 0 aliphatic rings. The van der Waals surface area contributed by atoms with Crippen LogP contribution in [-0.2, 0) is 21.2 Å². The number of nitrogens with one attached hydrogen (secondary N) is 1. The zero-order chi connectivity index (χ0) is 15.5. The third-order valence-corrected chi connectivity index (χ3v) is 5.81. The highest BCUT2D eigenvalue weighted by molar-refractivity contribution is 14.1. The molecule has 1 N–H and O–H groups in total. The van der Waals surface area contributed by atoms with E-state index < -0.39 is 21.0 Å². The van der Waals surface area contributed by atoms with E-state index >= 15 is 0 Å². The molecule has 1 amide bonds. The molecule has 0 spiro atoms. The Morgan fingerprint density at radius 3 is 2.60 bits per heavy atom. The molecule has 8 heteroatoms. The van der Waals surface area contributed by atoms with Gasteiger partial charge in [-0.15, -0.1) is 0 Å². The summed E-state index contributed by atoms with van der Waals surface area (Å²) in [5.41, 5.74) is 0.687. The zero-order valence-corrected chi connectivity index (χ0v) is 15.0. The standard InChI is InChI=1S/C12H15ClINO4S/c1-7(20(3,17)18)12(16)15-6-8-4-9(13)10(14)5-11(8)19-2/h4-5,7H,6H2,1-3H3,(H,15,16)/t7-/m0/s1. The first-order valence-electron chi connectivity index (χ1n) is 5.65. The minimum Gasteiger partial charge on any atom is -0.496 e. The minimum absolute atomic E-state index is 0.151. The lowest BCUT2D eigenvalue weighted by Crippen LogP contribution is -2.37. The van der Waals surface area contributed by atoms with Gasteiger partial charge in [-0.3, -0.25) is 4.79 Å². The summed E-state index contributed by atoms with van der Waals surface area (Å²) in [6.07, 6.45) is 1.03. The van der Waals surface area contributed by atoms with Crippen molar-refractivity contribution < 1.29 is 17.9 Å². The molecule has 0 saturated carbocycles. The van der Waals surface area contributed by atoms with Crippen LogP contribution in [0.15, 0.2) is 12.1 Å². The van der Waals surface area contributed by atoms with Crippen molar-refractivity contribution in [2.75, 3.05) is 13.4 Å². The van der Waals surface area contributed by atoms with Gasteiger partial charge in [-0.05, 0) is 41.6 Å². The smallest absolute Gasteiger partial charge is 0.238 e. The lowest BCUT2D eigenvalue weighted by atomic mass is 10.2. The first-order chi connectivity index (χ1) is 9.16. The molecule has 1 atom stereocenters. The van der Waals surface area contributed by atoms with Crippen LogP contribution in [-0.4, -0.2) is 32.9 Å². The molecule has 0 unspecified atom stereocenters. The van der Waals surface area contributed by atoms with E-state index in [2.05, 4.69) is 27.9 Å². The van der Waals surface area contributed by atoms with Crippen LogP contribution in [0, 0.1) is 3.57 Å². The molecule has 1 aromatic carbocycles. The molecule has 0 bridgehead atoms. The van der Waals surface area contributed by atoms with Crippen molar-refractivity contribution in [3.63, 3.8) is 0 Å². The van der Waals surface area contributed by atoms with Gasteiger partial charge in [-0.25, -0.2) is 8.42 Å². The summed E-state index contributed by atoms with van der Waals surface area (Å²) in [7, 11) is -1.89. The van der Waals surface area contributed by atoms with Gasteiger partial charge in [0.1, 0.15) is 11.0 Å². The van der Waals surface area contributed by atoms with Crippen LogP contribution in [0.5, 0.6) is 5.75 Å². The molecule has 20 heavy (non-hydrogen) atoms. The molecule has 0 heterocycles. The third kappa shape index (κ3) is 4.49. The maximum absolute atomic E-state index is 11.7. The number of sulfone groups is 1. The van der Waals surface area contributed by atoms with Crippen LogP contribution < -0.4 is 10.1 Å². The summed E-state index contributed by atoms with van der Waals surface area (Å²) in [4.78, 5) is 11.7. The first-order valence-corrected chi connectivity index (χ1v) is 9.06. The molecule has 0 radical (unpaired) electrons. The quantitative estimate of drug-likeness (QED) is 0.724. The van der Waals surface area contributed by atoms with Crippen molar-refractivity contribution in [3.05, 3.63) is 26.3 Å². The van der Waals surface area contributed by atoms with Crippen molar-refractivity contribution in [1.29, 1.82) is 0 Å². The Kier molecular flexibility index (Phi) is 6.08. The van der Waals surface area contributed by atoms with Crippen molar-refractivity contribution in [1.82, 2.24) is 5.32 Å². The summed E-state index contributed by atoms with van der Waals surface area (Å²) in [6.45, 7) is 1.50. The Morgan fingerprint density at radius 2 is 2.10 bits per heavy atom. The molecule has 5 nitrogen and oxygen atoms in total. The Labute approximate surface area is 137 Å². The highest BCUT2D eigenvalue weighted by Crippen LogP contribution is 2.28. The van der Waals surface area contributed by atoms with Crippen LogP contribution in [0.3, 0.4) is 0 Å². The van der Waals surface area contributed by atoms with Crippen LogP contribution in [0.25, 0.3) is 0 Å². The molecular weight excluding hydrogens is 417 g/mol. The number of amides is 1. The van der Waals surface area contributed by atoms with Gasteiger partial charge in [0.15, 0.2) is 9.84 Å². The van der Waals surface area contributed by atoms with Gasteiger partial charge in [-0.1, -0.05) is 11.6 Å². The number of carbonyl (C=O) groups excluding carboxylic acids is 1. The van der Waals surface area contributed by atoms with Crippen LogP contribution in [0.1, 0.15) is 12.5 Å². The summed E-state index contributed by atoms with van der Waals surface area (Å²) in [5, 5.41) is 2.03. The van der Waals surface area contributed by atoms with Gasteiger partial charge in [0.2, 0.25) is 5.91 Å². The molecule has 0 fully saturated rings. The number of methoxy groups -OCH3 is 1. The first kappa shape index (κ1) is 17.5. The van der Waals surface area contributed by atoms with Crippen molar-refractivity contribution in [3.8, 4) is 5.75 Å². The molecule has 0 saturated heterocycles. The fraction of sp³-hybridized carbons (Fsp3) is 0.417. The fourth-order valence-corrected chi connectivity index (χ4v) is 2.52. The second kappa shape index (κ2) is 6.95. The second-order valence-electron chi connectivity index (χ2n) is 4.27. The van der Waals surface area contributed by atoms with E-state index in [1.807, 2.05) is 0 Å². The minimum atomic E-state index is -3.41. The molecule has 1 aromatic rings. The SMILES string of the molecule is COc1cc(I)c(Cl)cc1CNC(=O)[C@H](C)S(C)(=O)=O. The van der Waals surface area contributed by atoms with Crippen LogP contribution >= 0.6 is 34.2 Å². The molecule has 1 rings (SSSR count). The summed E-state index contributed by atoms with van der Waals surface area (Å²) >= 11 is 8.10. The molecule has 112 valence electrons. The van der Waals surface area contributed by atoms with Gasteiger partial charge in [-0.2, -0.15) is 0 Å². The number of ether oxygens (including phenoxy) is 1. The van der Waals surface area contributed by atoms with Crippen molar-refractivity contribution in [2.45, 2.75) is 18.7 Å². The average Bonchev–Trinajstić information content (AvgIpc) is 2.37. The van der Waals surface area contributed by atoms with E-state index in [4.69, 9.17) is 16.3 Å². The maximum Gasteiger partial charge on any atom is 0.238 e. The monoisotopic (exact) mass is 431 g/mol. The second-order valence-corrected chi connectivity index (χ2v) is 8.20. The largest absolute Gasteiger partial charge is 0.496 e. The lowest BCUT2D eigenvalue weighted by Gasteiger charge is -2.13. The van der Waals surface area contributed by atoms with E-state index in [-0.39, 0.29) is 6.54 Å². The van der Waals surface area contributed by atoms with E-state index in [1.54, 1.807) is 12.1 Å². The number of hydrogen-bond acceptors (Lipinski definition) is 4. The predicted molar refractivity (Wildman–Crippen MR) is 86.9 cm³/mol. The zero-order valence-electron chi connectivity index (χ0n) is 11.2. The van der Waals surface area contributed by atoms with Gasteiger partial charge < -0.3 is 10.1 Å².